The number of nitrogens with zero attached hydrogens (tertiary/aromatic N) is 3. The number of esters is 1. The fourth-order valence-corrected chi connectivity index (χ4v) is 5.16. The van der Waals surface area contributed by atoms with Gasteiger partial charge in [-0.05, 0) is 81.3 Å². The van der Waals surface area contributed by atoms with E-state index < -0.39 is 17.5 Å². The summed E-state index contributed by atoms with van der Waals surface area (Å²) >= 11 is 0. The Balaban J connectivity index is 1.38. The number of nitrogens with two attached hydrogens (primary N) is 1. The lowest BCUT2D eigenvalue weighted by atomic mass is 10.1. The summed E-state index contributed by atoms with van der Waals surface area (Å²) in [5.74, 6) is -0.594. The Hall–Kier alpha value is -5.68. The van der Waals surface area contributed by atoms with E-state index in [0.717, 1.165) is 11.1 Å². The molecule has 0 atom stereocenters. The lowest BCUT2D eigenvalue weighted by Gasteiger charge is -2.22. The molecule has 1 heterocycles. The Morgan fingerprint density at radius 2 is 1.69 bits per heavy atom. The average Bonchev–Trinajstić information content (AvgIpc) is 3.46. The first-order chi connectivity index (χ1) is 22.9. The van der Waals surface area contributed by atoms with Gasteiger partial charge in [-0.25, -0.2) is 9.78 Å². The molecule has 4 aromatic carbocycles. The van der Waals surface area contributed by atoms with Crippen LogP contribution < -0.4 is 25.4 Å². The van der Waals surface area contributed by atoms with Crippen molar-refractivity contribution in [1.29, 1.82) is 0 Å². The van der Waals surface area contributed by atoms with Gasteiger partial charge in [0.2, 0.25) is 5.82 Å². The Morgan fingerprint density at radius 3 is 2.38 bits per heavy atom. The van der Waals surface area contributed by atoms with E-state index in [0.29, 0.717) is 34.8 Å². The predicted molar refractivity (Wildman–Crippen MR) is 185 cm³/mol. The van der Waals surface area contributed by atoms with E-state index in [1.807, 2.05) is 55.5 Å². The molecule has 11 nitrogen and oxygen atoms in total. The second-order valence-corrected chi connectivity index (χ2v) is 12.2. The highest BCUT2D eigenvalue weighted by molar-refractivity contribution is 6.13. The second-order valence-electron chi connectivity index (χ2n) is 12.2. The number of para-hydroxylation sites is 1. The minimum absolute atomic E-state index is 0.00515. The zero-order chi connectivity index (χ0) is 34.6. The molecule has 0 unspecified atom stereocenters. The number of amides is 2. The van der Waals surface area contributed by atoms with Gasteiger partial charge in [-0.1, -0.05) is 42.5 Å². The van der Waals surface area contributed by atoms with Crippen LogP contribution >= 0.6 is 0 Å². The molecule has 0 fully saturated rings. The summed E-state index contributed by atoms with van der Waals surface area (Å²) in [5.41, 5.74) is 9.52. The van der Waals surface area contributed by atoms with Gasteiger partial charge in [-0.2, -0.15) is 0 Å². The fourth-order valence-electron chi connectivity index (χ4n) is 5.16. The van der Waals surface area contributed by atoms with E-state index in [4.69, 9.17) is 19.9 Å². The van der Waals surface area contributed by atoms with Crippen LogP contribution in [0.1, 0.15) is 63.2 Å². The van der Waals surface area contributed by atoms with E-state index in [1.165, 1.54) is 16.6 Å². The average molecular weight is 650 g/mol. The van der Waals surface area contributed by atoms with Crippen LogP contribution in [0.25, 0.3) is 11.0 Å². The summed E-state index contributed by atoms with van der Waals surface area (Å²) in [7, 11) is 3.13. The quantitative estimate of drug-likeness (QED) is 0.167. The van der Waals surface area contributed by atoms with Gasteiger partial charge in [0.15, 0.2) is 0 Å². The first kappa shape index (κ1) is 33.7. The van der Waals surface area contributed by atoms with E-state index in [9.17, 15) is 14.4 Å². The van der Waals surface area contributed by atoms with Gasteiger partial charge < -0.3 is 34.7 Å². The van der Waals surface area contributed by atoms with Crippen LogP contribution in [0.5, 0.6) is 11.5 Å². The molecular weight excluding hydrogens is 610 g/mol. The molecule has 5 aromatic rings. The molecule has 3 N–H and O–H groups in total. The summed E-state index contributed by atoms with van der Waals surface area (Å²) in [6.45, 7) is 7.53. The standard InChI is InChI=1S/C37H39N5O6/c1-23-15-18-28(31(19-23)47-21-24-11-8-7-9-12-24)41(5)35(44)25-16-17-27(30(20-25)46-6)39-34(43)26-13-10-14-29-32(26)40-33(42(29)22-38)36(45)48-37(2,3)4/h7-20H,21-22,38H2,1-6H3,(H,39,43). The third-order valence-electron chi connectivity index (χ3n) is 7.50. The number of aromatic nitrogens is 2. The van der Waals surface area contributed by atoms with Gasteiger partial charge in [-0.3, -0.25) is 9.59 Å². The highest BCUT2D eigenvalue weighted by atomic mass is 16.6. The number of nitrogens with one attached hydrogen (secondary N) is 1. The highest BCUT2D eigenvalue weighted by Crippen LogP contribution is 2.33. The van der Waals surface area contributed by atoms with Crippen molar-refractivity contribution in [3.63, 3.8) is 0 Å². The molecule has 0 aliphatic rings. The fraction of sp³-hybridized carbons (Fsp3) is 0.243. The Labute approximate surface area is 279 Å². The number of ether oxygens (including phenoxy) is 3. The van der Waals surface area contributed by atoms with Gasteiger partial charge in [0.25, 0.3) is 11.8 Å². The largest absolute Gasteiger partial charge is 0.495 e. The number of carbonyl (C=O) groups is 3. The maximum Gasteiger partial charge on any atom is 0.375 e. The minimum Gasteiger partial charge on any atom is -0.495 e. The van der Waals surface area contributed by atoms with E-state index in [-0.39, 0.29) is 35.2 Å². The first-order valence-electron chi connectivity index (χ1n) is 15.4. The molecule has 2 amide bonds. The normalized spacial score (nSPS) is 11.2. The molecule has 0 radical (unpaired) electrons. The number of imidazole rings is 1. The third kappa shape index (κ3) is 7.31. The maximum absolute atomic E-state index is 13.7. The Morgan fingerprint density at radius 1 is 0.938 bits per heavy atom. The van der Waals surface area contributed by atoms with Crippen LogP contribution in [-0.4, -0.2) is 47.1 Å². The van der Waals surface area contributed by atoms with Crippen molar-refractivity contribution in [2.75, 3.05) is 24.4 Å². The molecule has 5 rings (SSSR count). The van der Waals surface area contributed by atoms with Crippen molar-refractivity contribution in [3.05, 3.63) is 113 Å². The number of fused-ring (bicyclic) bond motifs is 1. The van der Waals surface area contributed by atoms with Crippen LogP contribution in [0.3, 0.4) is 0 Å². The number of rotatable bonds is 10. The highest BCUT2D eigenvalue weighted by Gasteiger charge is 2.26. The zero-order valence-electron chi connectivity index (χ0n) is 27.9. The molecule has 1 aromatic heterocycles. The summed E-state index contributed by atoms with van der Waals surface area (Å²) in [4.78, 5) is 46.2. The monoisotopic (exact) mass is 649 g/mol. The number of hydrogen-bond acceptors (Lipinski definition) is 8. The second kappa shape index (κ2) is 14.0. The van der Waals surface area contributed by atoms with Crippen molar-refractivity contribution in [2.45, 2.75) is 46.6 Å². The van der Waals surface area contributed by atoms with Crippen LogP contribution in [0.2, 0.25) is 0 Å². The Kier molecular flexibility index (Phi) is 9.81. The number of methoxy groups -OCH3 is 1. The van der Waals surface area contributed by atoms with Gasteiger partial charge in [0, 0.05) is 12.6 Å². The van der Waals surface area contributed by atoms with Crippen LogP contribution in [0.4, 0.5) is 11.4 Å². The lowest BCUT2D eigenvalue weighted by molar-refractivity contribution is 0.00508. The van der Waals surface area contributed by atoms with Gasteiger partial charge in [-0.15, -0.1) is 0 Å². The molecule has 0 bridgehead atoms. The Bertz CT molecular complexity index is 1980. The van der Waals surface area contributed by atoms with Crippen LogP contribution in [0, 0.1) is 6.92 Å². The molecule has 248 valence electrons. The van der Waals surface area contributed by atoms with E-state index in [2.05, 4.69) is 10.3 Å². The molecular formula is C37H39N5O6. The third-order valence-corrected chi connectivity index (χ3v) is 7.50. The summed E-state index contributed by atoms with van der Waals surface area (Å²) in [6.07, 6.45) is 0. The number of aryl methyl sites for hydroxylation is 1. The summed E-state index contributed by atoms with van der Waals surface area (Å²) in [6, 6.07) is 25.2. The molecule has 0 aliphatic heterocycles. The van der Waals surface area contributed by atoms with Crippen LogP contribution in [-0.2, 0) is 18.0 Å². The molecule has 0 saturated carbocycles. The molecule has 0 aliphatic carbocycles. The number of hydrogen-bond donors (Lipinski definition) is 2. The van der Waals surface area contributed by atoms with Crippen molar-refractivity contribution in [1.82, 2.24) is 9.55 Å². The molecule has 11 heteroatoms. The van der Waals surface area contributed by atoms with Gasteiger partial charge in [0.1, 0.15) is 29.2 Å². The number of benzene rings is 4. The first-order valence-corrected chi connectivity index (χ1v) is 15.4. The predicted octanol–water partition coefficient (Wildman–Crippen LogP) is 6.33. The van der Waals surface area contributed by atoms with E-state index >= 15 is 0 Å². The number of anilines is 2. The topological polar surface area (TPSA) is 138 Å². The lowest BCUT2D eigenvalue weighted by Crippen LogP contribution is -2.27. The smallest absolute Gasteiger partial charge is 0.375 e. The van der Waals surface area contributed by atoms with Gasteiger partial charge >= 0.3 is 5.97 Å². The number of carbonyl (C=O) groups excluding carboxylic acids is 3. The van der Waals surface area contributed by atoms with Crippen molar-refractivity contribution < 1.29 is 28.6 Å². The van der Waals surface area contributed by atoms with Crippen LogP contribution in [0.15, 0.2) is 84.9 Å². The molecule has 48 heavy (non-hydrogen) atoms. The molecule has 0 spiro atoms. The zero-order valence-corrected chi connectivity index (χ0v) is 27.9. The maximum atomic E-state index is 13.7. The SMILES string of the molecule is COc1cc(C(=O)N(C)c2ccc(C)cc2OCc2ccccc2)ccc1NC(=O)c1cccc2c1nc(C(=O)OC(C)(C)C)n2CN. The van der Waals surface area contributed by atoms with Crippen molar-refractivity contribution in [2.24, 2.45) is 5.73 Å². The summed E-state index contributed by atoms with van der Waals surface area (Å²) < 4.78 is 18.7. The van der Waals surface area contributed by atoms with Gasteiger partial charge in [0.05, 0.1) is 36.2 Å². The van der Waals surface area contributed by atoms with Crippen molar-refractivity contribution in [3.8, 4) is 11.5 Å². The van der Waals surface area contributed by atoms with Crippen molar-refractivity contribution >= 4 is 40.2 Å². The van der Waals surface area contributed by atoms with E-state index in [1.54, 1.807) is 64.2 Å². The minimum atomic E-state index is -0.744. The molecule has 0 saturated heterocycles. The summed E-state index contributed by atoms with van der Waals surface area (Å²) in [5, 5.41) is 2.85.